The first-order valence-electron chi connectivity index (χ1n) is 9.71. The Bertz CT molecular complexity index is 1380. The molecule has 0 unspecified atom stereocenters. The van der Waals surface area contributed by atoms with Crippen LogP contribution in [0.15, 0.2) is 59.3 Å². The van der Waals surface area contributed by atoms with E-state index in [2.05, 4.69) is 15.2 Å². The Morgan fingerprint density at radius 1 is 1.20 bits per heavy atom. The summed E-state index contributed by atoms with van der Waals surface area (Å²) in [5.41, 5.74) is -0.765. The summed E-state index contributed by atoms with van der Waals surface area (Å²) in [5, 5.41) is 18.5. The summed E-state index contributed by atoms with van der Waals surface area (Å²) in [6, 6.07) is 9.80. The molecule has 0 amide bonds. The van der Waals surface area contributed by atoms with Gasteiger partial charge in [0.1, 0.15) is 0 Å². The Morgan fingerprint density at radius 2 is 1.94 bits per heavy atom. The fraction of sp³-hybridized carbons (Fsp3) is 0.143. The number of halogens is 3. The van der Waals surface area contributed by atoms with Gasteiger partial charge in [0.15, 0.2) is 12.4 Å². The molecule has 0 bridgehead atoms. The Hall–Kier alpha value is -4.75. The zero-order valence-corrected chi connectivity index (χ0v) is 17.7. The van der Waals surface area contributed by atoms with Gasteiger partial charge in [-0.25, -0.2) is 9.48 Å². The van der Waals surface area contributed by atoms with E-state index in [1.54, 1.807) is 0 Å². The highest BCUT2D eigenvalue weighted by atomic mass is 19.4. The topological polar surface area (TPSA) is 135 Å². The summed E-state index contributed by atoms with van der Waals surface area (Å²) >= 11 is 0. The summed E-state index contributed by atoms with van der Waals surface area (Å²) in [7, 11) is 1.26. The van der Waals surface area contributed by atoms with Crippen LogP contribution in [0, 0.1) is 10.1 Å². The maximum atomic E-state index is 13.0. The van der Waals surface area contributed by atoms with E-state index in [-0.39, 0.29) is 34.5 Å². The van der Waals surface area contributed by atoms with Gasteiger partial charge in [0, 0.05) is 17.7 Å². The molecule has 4 rings (SSSR count). The van der Waals surface area contributed by atoms with Crippen molar-refractivity contribution in [2.24, 2.45) is 0 Å². The van der Waals surface area contributed by atoms with Crippen LogP contribution in [0.25, 0.3) is 17.1 Å². The highest BCUT2D eigenvalue weighted by Gasteiger charge is 2.31. The predicted molar refractivity (Wildman–Crippen MR) is 111 cm³/mol. The van der Waals surface area contributed by atoms with Crippen molar-refractivity contribution in [3.63, 3.8) is 0 Å². The van der Waals surface area contributed by atoms with E-state index >= 15 is 0 Å². The number of non-ortho nitro benzene ring substituents is 1. The van der Waals surface area contributed by atoms with E-state index < -0.39 is 29.2 Å². The van der Waals surface area contributed by atoms with E-state index in [0.29, 0.717) is 5.56 Å². The van der Waals surface area contributed by atoms with Crippen LogP contribution in [0.1, 0.15) is 21.9 Å². The van der Waals surface area contributed by atoms with Gasteiger partial charge in [-0.05, 0) is 30.3 Å². The molecule has 2 aromatic carbocycles. The van der Waals surface area contributed by atoms with E-state index in [0.717, 1.165) is 16.8 Å². The Kier molecular flexibility index (Phi) is 6.18. The van der Waals surface area contributed by atoms with Gasteiger partial charge in [-0.1, -0.05) is 11.2 Å². The number of benzene rings is 2. The summed E-state index contributed by atoms with van der Waals surface area (Å²) in [5.74, 6) is -0.910. The highest BCUT2D eigenvalue weighted by Crippen LogP contribution is 2.31. The fourth-order valence-corrected chi connectivity index (χ4v) is 2.96. The monoisotopic (exact) mass is 489 g/mol. The van der Waals surface area contributed by atoms with E-state index in [4.69, 9.17) is 14.0 Å². The number of hydrogen-bond donors (Lipinski definition) is 0. The second kappa shape index (κ2) is 9.24. The lowest BCUT2D eigenvalue weighted by Crippen LogP contribution is -2.09. The zero-order chi connectivity index (χ0) is 25.2. The van der Waals surface area contributed by atoms with Crippen LogP contribution in [0.5, 0.6) is 5.75 Å². The molecule has 2 heterocycles. The molecule has 0 aliphatic heterocycles. The van der Waals surface area contributed by atoms with Crippen molar-refractivity contribution in [1.82, 2.24) is 19.9 Å². The molecule has 0 aliphatic carbocycles. The number of aromatic nitrogens is 4. The van der Waals surface area contributed by atoms with Crippen molar-refractivity contribution < 1.29 is 36.9 Å². The quantitative estimate of drug-likeness (QED) is 0.212. The molecule has 0 saturated heterocycles. The van der Waals surface area contributed by atoms with Crippen LogP contribution in [-0.4, -0.2) is 37.9 Å². The average molecular weight is 489 g/mol. The van der Waals surface area contributed by atoms with Crippen LogP contribution in [0.3, 0.4) is 0 Å². The fourth-order valence-electron chi connectivity index (χ4n) is 2.96. The van der Waals surface area contributed by atoms with Crippen LogP contribution in [-0.2, 0) is 17.5 Å². The molecule has 2 aromatic heterocycles. The number of methoxy groups -OCH3 is 1. The van der Waals surface area contributed by atoms with E-state index in [9.17, 15) is 28.1 Å². The normalized spacial score (nSPS) is 11.3. The Balaban J connectivity index is 1.47. The van der Waals surface area contributed by atoms with Crippen molar-refractivity contribution in [2.75, 3.05) is 7.11 Å². The van der Waals surface area contributed by atoms with Crippen LogP contribution >= 0.6 is 0 Å². The molecule has 0 spiro atoms. The van der Waals surface area contributed by atoms with Crippen molar-refractivity contribution in [2.45, 2.75) is 12.8 Å². The van der Waals surface area contributed by atoms with E-state index in [1.165, 1.54) is 49.7 Å². The molecule has 180 valence electrons. The van der Waals surface area contributed by atoms with E-state index in [1.807, 2.05) is 0 Å². The lowest BCUT2D eigenvalue weighted by Gasteiger charge is -2.08. The van der Waals surface area contributed by atoms with Gasteiger partial charge in [-0.2, -0.15) is 23.3 Å². The second-order valence-corrected chi connectivity index (χ2v) is 6.93. The second-order valence-electron chi connectivity index (χ2n) is 6.93. The lowest BCUT2D eigenvalue weighted by atomic mass is 10.2. The molecule has 35 heavy (non-hydrogen) atoms. The number of alkyl halides is 3. The van der Waals surface area contributed by atoms with Gasteiger partial charge < -0.3 is 14.0 Å². The third kappa shape index (κ3) is 5.10. The Labute approximate surface area is 193 Å². The largest absolute Gasteiger partial charge is 0.493 e. The van der Waals surface area contributed by atoms with Gasteiger partial charge in [0.05, 0.1) is 29.5 Å². The number of nitro benzene ring substituents is 1. The van der Waals surface area contributed by atoms with Crippen LogP contribution < -0.4 is 4.74 Å². The first kappa shape index (κ1) is 23.4. The predicted octanol–water partition coefficient (Wildman–Crippen LogP) is 4.21. The standard InChI is InChI=1S/C21H14F3N5O6/c1-33-16-10-28(15-4-2-3-13(9-15)21(22,23)24)26-18(16)20(30)34-11-17-25-19(27-35-17)12-5-7-14(8-6-12)29(31)32/h2-10H,11H2,1H3. The number of nitro groups is 1. The van der Waals surface area contributed by atoms with Crippen molar-refractivity contribution >= 4 is 11.7 Å². The molecule has 0 radical (unpaired) electrons. The summed E-state index contributed by atoms with van der Waals surface area (Å²) < 4.78 is 55.3. The SMILES string of the molecule is COc1cn(-c2cccc(C(F)(F)F)c2)nc1C(=O)OCc1nc(-c2ccc([N+](=O)[O-])cc2)no1. The van der Waals surface area contributed by atoms with Crippen molar-refractivity contribution in [1.29, 1.82) is 0 Å². The minimum atomic E-state index is -4.55. The molecule has 0 N–H and O–H groups in total. The third-order valence-corrected chi connectivity index (χ3v) is 4.66. The minimum absolute atomic E-state index is 0.0236. The third-order valence-electron chi connectivity index (χ3n) is 4.66. The number of ether oxygens (including phenoxy) is 2. The van der Waals surface area contributed by atoms with Gasteiger partial charge in [0.2, 0.25) is 11.5 Å². The molecule has 0 atom stereocenters. The minimum Gasteiger partial charge on any atom is -0.493 e. The first-order valence-corrected chi connectivity index (χ1v) is 9.71. The number of carbonyl (C=O) groups is 1. The smallest absolute Gasteiger partial charge is 0.416 e. The van der Waals surface area contributed by atoms with Crippen LogP contribution in [0.2, 0.25) is 0 Å². The van der Waals surface area contributed by atoms with Crippen molar-refractivity contribution in [3.05, 3.63) is 82.0 Å². The molecule has 4 aromatic rings. The summed E-state index contributed by atoms with van der Waals surface area (Å²) in [6.45, 7) is -0.432. The highest BCUT2D eigenvalue weighted by molar-refractivity contribution is 5.90. The molecule has 0 aliphatic rings. The maximum Gasteiger partial charge on any atom is 0.416 e. The Morgan fingerprint density at radius 3 is 2.60 bits per heavy atom. The number of hydrogen-bond acceptors (Lipinski definition) is 9. The molecule has 0 fully saturated rings. The number of esters is 1. The maximum absolute atomic E-state index is 13.0. The molecule has 0 saturated carbocycles. The number of carbonyl (C=O) groups excluding carboxylic acids is 1. The number of nitrogens with zero attached hydrogens (tertiary/aromatic N) is 5. The summed E-state index contributed by atoms with van der Waals surface area (Å²) in [4.78, 5) is 26.8. The van der Waals surface area contributed by atoms with Crippen LogP contribution in [0.4, 0.5) is 18.9 Å². The zero-order valence-electron chi connectivity index (χ0n) is 17.7. The first-order chi connectivity index (χ1) is 16.7. The number of rotatable bonds is 7. The molecule has 14 heteroatoms. The van der Waals surface area contributed by atoms with Gasteiger partial charge in [-0.3, -0.25) is 10.1 Å². The molecular weight excluding hydrogens is 475 g/mol. The van der Waals surface area contributed by atoms with Gasteiger partial charge in [0.25, 0.3) is 11.6 Å². The molecule has 11 nitrogen and oxygen atoms in total. The van der Waals surface area contributed by atoms with Gasteiger partial charge in [-0.15, -0.1) is 0 Å². The van der Waals surface area contributed by atoms with Crippen molar-refractivity contribution in [3.8, 4) is 22.8 Å². The summed E-state index contributed by atoms with van der Waals surface area (Å²) in [6.07, 6.45) is -3.31. The lowest BCUT2D eigenvalue weighted by molar-refractivity contribution is -0.384. The molecular formula is C21H14F3N5O6. The van der Waals surface area contributed by atoms with Gasteiger partial charge >= 0.3 is 12.1 Å². The average Bonchev–Trinajstić information content (AvgIpc) is 3.50.